The summed E-state index contributed by atoms with van der Waals surface area (Å²) < 4.78 is 1.81. The van der Waals surface area contributed by atoms with Crippen LogP contribution in [0, 0.1) is 13.8 Å². The molecule has 10 nitrogen and oxygen atoms in total. The van der Waals surface area contributed by atoms with E-state index in [9.17, 15) is 0 Å². The standard InChI is InChI=1S/C18H20N10/c1-12-9-13(2)28(25-12)16-4-3-15(22-23-16)26-5-7-27(8-6-26)18-14-10-21-24-17(14)19-11-20-18/h3-4,9-11H,5-8H2,1-2H3,(H,19,20,21,24). The van der Waals surface area contributed by atoms with E-state index < -0.39 is 0 Å². The molecule has 4 aromatic rings. The van der Waals surface area contributed by atoms with E-state index in [2.05, 4.69) is 45.3 Å². The molecule has 10 heteroatoms. The molecule has 5 heterocycles. The largest absolute Gasteiger partial charge is 0.352 e. The van der Waals surface area contributed by atoms with Crippen LogP contribution in [0.4, 0.5) is 11.6 Å². The SMILES string of the molecule is Cc1cc(C)n(-c2ccc(N3CCN(c4ncnc5[nH]ncc45)CC3)nn2)n1. The van der Waals surface area contributed by atoms with Gasteiger partial charge in [0.1, 0.15) is 12.1 Å². The second kappa shape index (κ2) is 6.55. The third kappa shape index (κ3) is 2.82. The first-order valence-electron chi connectivity index (χ1n) is 9.20. The first kappa shape index (κ1) is 16.6. The van der Waals surface area contributed by atoms with Gasteiger partial charge in [0.2, 0.25) is 0 Å². The Balaban J connectivity index is 1.30. The molecule has 0 aliphatic carbocycles. The number of piperazine rings is 1. The van der Waals surface area contributed by atoms with Gasteiger partial charge in [0.15, 0.2) is 17.3 Å². The smallest absolute Gasteiger partial charge is 0.176 e. The van der Waals surface area contributed by atoms with Gasteiger partial charge >= 0.3 is 0 Å². The molecule has 0 amide bonds. The van der Waals surface area contributed by atoms with E-state index >= 15 is 0 Å². The summed E-state index contributed by atoms with van der Waals surface area (Å²) in [5.41, 5.74) is 2.78. The second-order valence-corrected chi connectivity index (χ2v) is 6.89. The van der Waals surface area contributed by atoms with Crippen molar-refractivity contribution < 1.29 is 0 Å². The Bertz CT molecular complexity index is 1110. The van der Waals surface area contributed by atoms with Gasteiger partial charge in [-0.05, 0) is 32.0 Å². The molecule has 1 aliphatic rings. The number of rotatable bonds is 3. The van der Waals surface area contributed by atoms with E-state index in [1.165, 1.54) is 0 Å². The Morgan fingerprint density at radius 1 is 0.929 bits per heavy atom. The highest BCUT2D eigenvalue weighted by molar-refractivity contribution is 5.86. The van der Waals surface area contributed by atoms with Gasteiger partial charge in [-0.25, -0.2) is 14.6 Å². The number of anilines is 2. The Kier molecular flexibility index (Phi) is 3.89. The van der Waals surface area contributed by atoms with Crippen molar-refractivity contribution in [3.8, 4) is 5.82 Å². The van der Waals surface area contributed by atoms with E-state index in [-0.39, 0.29) is 0 Å². The van der Waals surface area contributed by atoms with E-state index in [0.29, 0.717) is 0 Å². The molecule has 1 saturated heterocycles. The van der Waals surface area contributed by atoms with Gasteiger partial charge < -0.3 is 9.80 Å². The molecular weight excluding hydrogens is 356 g/mol. The van der Waals surface area contributed by atoms with Gasteiger partial charge in [-0.15, -0.1) is 10.2 Å². The molecule has 28 heavy (non-hydrogen) atoms. The van der Waals surface area contributed by atoms with Crippen molar-refractivity contribution in [1.29, 1.82) is 0 Å². The summed E-state index contributed by atoms with van der Waals surface area (Å²) in [4.78, 5) is 13.2. The van der Waals surface area contributed by atoms with Crippen molar-refractivity contribution in [1.82, 2.24) is 40.1 Å². The predicted octanol–water partition coefficient (Wildman–Crippen LogP) is 1.27. The second-order valence-electron chi connectivity index (χ2n) is 6.89. The minimum Gasteiger partial charge on any atom is -0.352 e. The fraction of sp³-hybridized carbons (Fsp3) is 0.333. The Labute approximate surface area is 161 Å². The maximum Gasteiger partial charge on any atom is 0.176 e. The molecule has 0 unspecified atom stereocenters. The van der Waals surface area contributed by atoms with Crippen LogP contribution in [0.3, 0.4) is 0 Å². The number of aryl methyl sites for hydroxylation is 2. The normalized spacial score (nSPS) is 14.8. The number of H-pyrrole nitrogens is 1. The minimum atomic E-state index is 0.733. The van der Waals surface area contributed by atoms with Gasteiger partial charge in [0.25, 0.3) is 0 Å². The first-order chi connectivity index (χ1) is 13.7. The number of hydrogen-bond donors (Lipinski definition) is 1. The fourth-order valence-corrected chi connectivity index (χ4v) is 3.61. The molecule has 0 radical (unpaired) electrons. The Morgan fingerprint density at radius 2 is 1.68 bits per heavy atom. The van der Waals surface area contributed by atoms with Crippen LogP contribution in [-0.2, 0) is 0 Å². The summed E-state index contributed by atoms with van der Waals surface area (Å²) in [7, 11) is 0. The summed E-state index contributed by atoms with van der Waals surface area (Å²) in [6.45, 7) is 7.36. The van der Waals surface area contributed by atoms with Crippen molar-refractivity contribution in [2.24, 2.45) is 0 Å². The summed E-state index contributed by atoms with van der Waals surface area (Å²) in [5.74, 6) is 2.53. The number of nitrogens with one attached hydrogen (secondary N) is 1. The van der Waals surface area contributed by atoms with Crippen LogP contribution in [0.15, 0.2) is 30.7 Å². The minimum absolute atomic E-state index is 0.733. The zero-order valence-electron chi connectivity index (χ0n) is 15.7. The molecule has 1 N–H and O–H groups in total. The van der Waals surface area contributed by atoms with Gasteiger partial charge in [-0.2, -0.15) is 10.2 Å². The molecule has 0 spiro atoms. The molecule has 1 fully saturated rings. The van der Waals surface area contributed by atoms with Crippen LogP contribution in [-0.4, -0.2) is 66.3 Å². The zero-order chi connectivity index (χ0) is 19.1. The average molecular weight is 376 g/mol. The molecule has 142 valence electrons. The number of hydrogen-bond acceptors (Lipinski definition) is 8. The molecule has 0 atom stereocenters. The van der Waals surface area contributed by atoms with E-state index in [1.807, 2.05) is 36.7 Å². The van der Waals surface area contributed by atoms with Crippen LogP contribution >= 0.6 is 0 Å². The van der Waals surface area contributed by atoms with Crippen molar-refractivity contribution in [3.63, 3.8) is 0 Å². The highest BCUT2D eigenvalue weighted by Gasteiger charge is 2.21. The summed E-state index contributed by atoms with van der Waals surface area (Å²) in [6.07, 6.45) is 3.35. The molecule has 0 saturated carbocycles. The molecule has 0 bridgehead atoms. The summed E-state index contributed by atoms with van der Waals surface area (Å²) in [5, 5.41) is 21.2. The third-order valence-electron chi connectivity index (χ3n) is 4.99. The molecule has 4 aromatic heterocycles. The third-order valence-corrected chi connectivity index (χ3v) is 4.99. The predicted molar refractivity (Wildman–Crippen MR) is 105 cm³/mol. The van der Waals surface area contributed by atoms with Crippen LogP contribution in [0.25, 0.3) is 16.9 Å². The first-order valence-corrected chi connectivity index (χ1v) is 9.20. The van der Waals surface area contributed by atoms with Crippen LogP contribution in [0.2, 0.25) is 0 Å². The molecular formula is C18H20N10. The number of fused-ring (bicyclic) bond motifs is 1. The summed E-state index contributed by atoms with van der Waals surface area (Å²) >= 11 is 0. The topological polar surface area (TPSA) is 105 Å². The lowest BCUT2D eigenvalue weighted by Gasteiger charge is -2.35. The van der Waals surface area contributed by atoms with Crippen molar-refractivity contribution in [3.05, 3.63) is 42.1 Å². The quantitative estimate of drug-likeness (QED) is 0.570. The van der Waals surface area contributed by atoms with Gasteiger partial charge in [0.05, 0.1) is 17.3 Å². The van der Waals surface area contributed by atoms with Crippen molar-refractivity contribution >= 4 is 22.7 Å². The van der Waals surface area contributed by atoms with Gasteiger partial charge in [-0.1, -0.05) is 0 Å². The Hall–Kier alpha value is -3.56. The molecule has 1 aliphatic heterocycles. The van der Waals surface area contributed by atoms with Gasteiger partial charge in [-0.3, -0.25) is 5.10 Å². The maximum atomic E-state index is 4.46. The van der Waals surface area contributed by atoms with Crippen molar-refractivity contribution in [2.45, 2.75) is 13.8 Å². The van der Waals surface area contributed by atoms with E-state index in [1.54, 1.807) is 12.5 Å². The number of aromatic nitrogens is 8. The van der Waals surface area contributed by atoms with E-state index in [0.717, 1.165) is 66.1 Å². The zero-order valence-corrected chi connectivity index (χ0v) is 15.7. The molecule has 5 rings (SSSR count). The number of nitrogens with zero attached hydrogens (tertiary/aromatic N) is 9. The average Bonchev–Trinajstić information content (AvgIpc) is 3.34. The van der Waals surface area contributed by atoms with E-state index in [4.69, 9.17) is 0 Å². The van der Waals surface area contributed by atoms with Gasteiger partial charge in [0, 0.05) is 31.9 Å². The Morgan fingerprint density at radius 3 is 2.39 bits per heavy atom. The van der Waals surface area contributed by atoms with Crippen LogP contribution < -0.4 is 9.80 Å². The highest BCUT2D eigenvalue weighted by atomic mass is 15.4. The summed E-state index contributed by atoms with van der Waals surface area (Å²) in [6, 6.07) is 6.00. The van der Waals surface area contributed by atoms with Crippen LogP contribution in [0.5, 0.6) is 0 Å². The monoisotopic (exact) mass is 376 g/mol. The lowest BCUT2D eigenvalue weighted by atomic mass is 10.2. The fourth-order valence-electron chi connectivity index (χ4n) is 3.61. The maximum absolute atomic E-state index is 4.46. The molecule has 0 aromatic carbocycles. The lowest BCUT2D eigenvalue weighted by molar-refractivity contribution is 0.637. The van der Waals surface area contributed by atoms with Crippen molar-refractivity contribution in [2.75, 3.05) is 36.0 Å². The number of aromatic amines is 1. The lowest BCUT2D eigenvalue weighted by Crippen LogP contribution is -2.47. The highest BCUT2D eigenvalue weighted by Crippen LogP contribution is 2.23. The van der Waals surface area contributed by atoms with Crippen LogP contribution in [0.1, 0.15) is 11.4 Å².